The molecule has 0 bridgehead atoms. The van der Waals surface area contributed by atoms with Gasteiger partial charge in [-0.2, -0.15) is 9.61 Å². The molecule has 0 atom stereocenters. The fourth-order valence-electron chi connectivity index (χ4n) is 2.60. The van der Waals surface area contributed by atoms with Crippen LogP contribution in [0.5, 0.6) is 0 Å². The summed E-state index contributed by atoms with van der Waals surface area (Å²) < 4.78 is 1.72. The molecular formula is C19H16N6O. The molecule has 0 saturated carbocycles. The molecular weight excluding hydrogens is 328 g/mol. The fraction of sp³-hybridized carbons (Fsp3) is 0.105. The molecule has 3 heterocycles. The van der Waals surface area contributed by atoms with Gasteiger partial charge in [-0.25, -0.2) is 0 Å². The van der Waals surface area contributed by atoms with Crippen LogP contribution in [0.25, 0.3) is 28.3 Å². The molecule has 7 heteroatoms. The zero-order chi connectivity index (χ0) is 17.9. The molecule has 0 unspecified atom stereocenters. The summed E-state index contributed by atoms with van der Waals surface area (Å²) >= 11 is 0. The van der Waals surface area contributed by atoms with E-state index in [9.17, 15) is 4.79 Å². The summed E-state index contributed by atoms with van der Waals surface area (Å²) in [6.45, 7) is 1.82. The summed E-state index contributed by atoms with van der Waals surface area (Å²) in [5.41, 5.74) is 4.07. The average Bonchev–Trinajstić information content (AvgIpc) is 3.12. The minimum Gasteiger partial charge on any atom is -0.326 e. The van der Waals surface area contributed by atoms with E-state index < -0.39 is 0 Å². The Kier molecular flexibility index (Phi) is 4.10. The molecule has 128 valence electrons. The smallest absolute Gasteiger partial charge is 0.224 e. The highest BCUT2D eigenvalue weighted by Gasteiger charge is 2.10. The second kappa shape index (κ2) is 6.72. The quantitative estimate of drug-likeness (QED) is 0.614. The lowest BCUT2D eigenvalue weighted by Gasteiger charge is -2.06. The van der Waals surface area contributed by atoms with Gasteiger partial charge in [0.1, 0.15) is 0 Å². The number of carbonyl (C=O) groups excluding carboxylic acids is 1. The number of nitrogens with zero attached hydrogens (tertiary/aromatic N) is 5. The molecule has 0 saturated heterocycles. The number of aromatic nitrogens is 5. The number of nitrogens with one attached hydrogen (secondary N) is 1. The Morgan fingerprint density at radius 2 is 1.73 bits per heavy atom. The van der Waals surface area contributed by atoms with E-state index in [1.54, 1.807) is 16.9 Å². The van der Waals surface area contributed by atoms with E-state index in [-0.39, 0.29) is 5.91 Å². The van der Waals surface area contributed by atoms with Gasteiger partial charge in [0.15, 0.2) is 11.5 Å². The summed E-state index contributed by atoms with van der Waals surface area (Å²) in [5.74, 6) is 0.653. The second-order valence-electron chi connectivity index (χ2n) is 5.73. The molecule has 4 rings (SSSR count). The number of amides is 1. The summed E-state index contributed by atoms with van der Waals surface area (Å²) in [4.78, 5) is 15.5. The lowest BCUT2D eigenvalue weighted by Crippen LogP contribution is -2.09. The summed E-state index contributed by atoms with van der Waals surface area (Å²) in [7, 11) is 0. The molecule has 0 radical (unpaired) electrons. The molecule has 3 aromatic heterocycles. The number of anilines is 1. The molecule has 0 aliphatic carbocycles. The first-order chi connectivity index (χ1) is 12.7. The highest BCUT2D eigenvalue weighted by Crippen LogP contribution is 2.22. The monoisotopic (exact) mass is 344 g/mol. The Morgan fingerprint density at radius 3 is 2.46 bits per heavy atom. The number of hydrogen-bond acceptors (Lipinski definition) is 5. The van der Waals surface area contributed by atoms with Crippen LogP contribution in [0.15, 0.2) is 60.9 Å². The van der Waals surface area contributed by atoms with Gasteiger partial charge in [0.25, 0.3) is 0 Å². The van der Waals surface area contributed by atoms with Crippen LogP contribution in [0.1, 0.15) is 13.3 Å². The van der Waals surface area contributed by atoms with E-state index in [1.807, 2.05) is 55.5 Å². The van der Waals surface area contributed by atoms with E-state index in [1.165, 1.54) is 0 Å². The van der Waals surface area contributed by atoms with Crippen LogP contribution in [-0.4, -0.2) is 30.7 Å². The van der Waals surface area contributed by atoms with Crippen molar-refractivity contribution in [1.82, 2.24) is 24.8 Å². The molecule has 1 N–H and O–H groups in total. The minimum absolute atomic E-state index is 0.0104. The van der Waals surface area contributed by atoms with Gasteiger partial charge >= 0.3 is 0 Å². The van der Waals surface area contributed by atoms with Gasteiger partial charge in [0.05, 0.1) is 5.69 Å². The van der Waals surface area contributed by atoms with E-state index in [0.29, 0.717) is 17.9 Å². The van der Waals surface area contributed by atoms with Crippen molar-refractivity contribution in [3.63, 3.8) is 0 Å². The molecule has 26 heavy (non-hydrogen) atoms. The second-order valence-corrected chi connectivity index (χ2v) is 5.73. The van der Waals surface area contributed by atoms with E-state index in [4.69, 9.17) is 0 Å². The third-order valence-corrected chi connectivity index (χ3v) is 3.99. The van der Waals surface area contributed by atoms with Crippen LogP contribution in [0.2, 0.25) is 0 Å². The summed E-state index contributed by atoms with van der Waals surface area (Å²) in [6, 6.07) is 15.1. The third-order valence-electron chi connectivity index (χ3n) is 3.99. The van der Waals surface area contributed by atoms with Crippen molar-refractivity contribution in [3.8, 4) is 22.6 Å². The van der Waals surface area contributed by atoms with Gasteiger partial charge < -0.3 is 5.32 Å². The van der Waals surface area contributed by atoms with Crippen LogP contribution in [0, 0.1) is 0 Å². The number of benzene rings is 1. The van der Waals surface area contributed by atoms with Crippen molar-refractivity contribution >= 4 is 17.2 Å². The minimum atomic E-state index is -0.0104. The third kappa shape index (κ3) is 3.02. The van der Waals surface area contributed by atoms with Gasteiger partial charge in [0, 0.05) is 35.6 Å². The number of rotatable bonds is 4. The molecule has 1 amide bonds. The molecule has 7 nitrogen and oxygen atoms in total. The van der Waals surface area contributed by atoms with E-state index in [0.717, 1.165) is 22.5 Å². The first-order valence-electron chi connectivity index (χ1n) is 8.28. The van der Waals surface area contributed by atoms with Gasteiger partial charge in [-0.1, -0.05) is 19.1 Å². The number of pyridine rings is 1. The molecule has 0 aliphatic heterocycles. The summed E-state index contributed by atoms with van der Waals surface area (Å²) in [6.07, 6.45) is 3.87. The van der Waals surface area contributed by atoms with Crippen molar-refractivity contribution in [1.29, 1.82) is 0 Å². The lowest BCUT2D eigenvalue weighted by molar-refractivity contribution is -0.115. The van der Waals surface area contributed by atoms with Gasteiger partial charge in [-0.3, -0.25) is 9.78 Å². The van der Waals surface area contributed by atoms with Crippen LogP contribution in [0.4, 0.5) is 5.69 Å². The van der Waals surface area contributed by atoms with Crippen LogP contribution in [0.3, 0.4) is 0 Å². The maximum Gasteiger partial charge on any atom is 0.224 e. The standard InChI is InChI=1S/C19H16N6O/c1-2-18(26)21-15-5-3-13(4-6-15)16-7-8-17-22-23-19(25(17)24-16)14-9-11-20-12-10-14/h3-12H,2H2,1H3,(H,21,26). The van der Waals surface area contributed by atoms with E-state index >= 15 is 0 Å². The van der Waals surface area contributed by atoms with Crippen molar-refractivity contribution < 1.29 is 4.79 Å². The van der Waals surface area contributed by atoms with Crippen LogP contribution >= 0.6 is 0 Å². The SMILES string of the molecule is CCC(=O)Nc1ccc(-c2ccc3nnc(-c4ccncc4)n3n2)cc1. The predicted molar refractivity (Wildman–Crippen MR) is 98.4 cm³/mol. The normalized spacial score (nSPS) is 10.8. The van der Waals surface area contributed by atoms with Gasteiger partial charge in [-0.15, -0.1) is 10.2 Å². The Balaban J connectivity index is 1.70. The highest BCUT2D eigenvalue weighted by atomic mass is 16.1. The molecule has 1 aromatic carbocycles. The zero-order valence-electron chi connectivity index (χ0n) is 14.1. The number of fused-ring (bicyclic) bond motifs is 1. The van der Waals surface area contributed by atoms with Crippen LogP contribution in [-0.2, 0) is 4.79 Å². The van der Waals surface area contributed by atoms with Crippen molar-refractivity contribution in [2.75, 3.05) is 5.32 Å². The topological polar surface area (TPSA) is 85.1 Å². The fourth-order valence-corrected chi connectivity index (χ4v) is 2.60. The zero-order valence-corrected chi connectivity index (χ0v) is 14.1. The van der Waals surface area contributed by atoms with Crippen molar-refractivity contribution in [2.45, 2.75) is 13.3 Å². The average molecular weight is 344 g/mol. The first kappa shape index (κ1) is 15.9. The van der Waals surface area contributed by atoms with Crippen molar-refractivity contribution in [3.05, 3.63) is 60.9 Å². The number of carbonyl (C=O) groups is 1. The molecule has 0 spiro atoms. The Bertz CT molecular complexity index is 1060. The summed E-state index contributed by atoms with van der Waals surface area (Å²) in [5, 5.41) is 15.9. The lowest BCUT2D eigenvalue weighted by atomic mass is 10.1. The molecule has 0 fully saturated rings. The van der Waals surface area contributed by atoms with Gasteiger partial charge in [-0.05, 0) is 36.4 Å². The first-order valence-corrected chi connectivity index (χ1v) is 8.28. The Morgan fingerprint density at radius 1 is 0.962 bits per heavy atom. The predicted octanol–water partition coefficient (Wildman–Crippen LogP) is 3.20. The maximum absolute atomic E-state index is 11.5. The molecule has 0 aliphatic rings. The van der Waals surface area contributed by atoms with Crippen molar-refractivity contribution in [2.24, 2.45) is 0 Å². The maximum atomic E-state index is 11.5. The Hall–Kier alpha value is -3.61. The largest absolute Gasteiger partial charge is 0.326 e. The molecule has 4 aromatic rings. The Labute approximate surface area is 149 Å². The van der Waals surface area contributed by atoms with Crippen LogP contribution < -0.4 is 5.32 Å². The number of hydrogen-bond donors (Lipinski definition) is 1. The van der Waals surface area contributed by atoms with E-state index in [2.05, 4.69) is 25.6 Å². The van der Waals surface area contributed by atoms with Gasteiger partial charge in [0.2, 0.25) is 5.91 Å². The highest BCUT2D eigenvalue weighted by molar-refractivity contribution is 5.90.